The maximum absolute atomic E-state index is 13.2. The zero-order chi connectivity index (χ0) is 34.9. The number of aryl methyl sites for hydroxylation is 2. The van der Waals surface area contributed by atoms with Crippen LogP contribution in [-0.4, -0.2) is 89.5 Å². The van der Waals surface area contributed by atoms with Gasteiger partial charge in [-0.3, -0.25) is 24.8 Å². The lowest BCUT2D eigenvalue weighted by Crippen LogP contribution is -2.41. The zero-order valence-corrected chi connectivity index (χ0v) is 27.6. The van der Waals surface area contributed by atoms with Gasteiger partial charge in [0, 0.05) is 78.5 Å². The monoisotopic (exact) mass is 651 g/mol. The maximum atomic E-state index is 13.2. The molecule has 0 radical (unpaired) electrons. The number of hydrogen-bond acceptors (Lipinski definition) is 7. The van der Waals surface area contributed by atoms with Gasteiger partial charge in [0.1, 0.15) is 11.4 Å². The predicted molar refractivity (Wildman–Crippen MR) is 188 cm³/mol. The van der Waals surface area contributed by atoms with Gasteiger partial charge >= 0.3 is 0 Å². The molecule has 0 spiro atoms. The molecule has 0 saturated carbocycles. The number of carbonyl (C=O) groups is 3. The van der Waals surface area contributed by atoms with E-state index in [1.807, 2.05) is 60.3 Å². The molecule has 1 aromatic carbocycles. The second kappa shape index (κ2) is 15.3. The summed E-state index contributed by atoms with van der Waals surface area (Å²) in [5, 5.41) is 12.1. The SMILES string of the molecule is [H]/N=C(\CCNC(=O)c1cc(NC(=O)c2cc(NC(=O)c3ccc(C=Cc4ccc(N(C)C)cc4)nc3)cn2C)cn1C)N1CCOCC1. The summed E-state index contributed by atoms with van der Waals surface area (Å²) in [4.78, 5) is 47.4. The van der Waals surface area contributed by atoms with E-state index in [9.17, 15) is 14.4 Å². The number of rotatable bonds is 11. The third-order valence-corrected chi connectivity index (χ3v) is 7.91. The maximum Gasteiger partial charge on any atom is 0.272 e. The molecule has 0 bridgehead atoms. The zero-order valence-electron chi connectivity index (χ0n) is 28.6. The summed E-state index contributed by atoms with van der Waals surface area (Å²) in [5.41, 5.74) is 4.81. The highest BCUT2D eigenvalue weighted by Gasteiger charge is 2.18. The van der Waals surface area contributed by atoms with Gasteiger partial charge in [-0.25, -0.2) is 0 Å². The number of amidine groups is 1. The Balaban J connectivity index is 1.13. The predicted octanol–water partition coefficient (Wildman–Crippen LogP) is 3.93. The number of amides is 3. The van der Waals surface area contributed by atoms with Crippen molar-refractivity contribution in [3.05, 3.63) is 95.3 Å². The highest BCUT2D eigenvalue weighted by molar-refractivity contribution is 6.07. The molecule has 4 aromatic rings. The van der Waals surface area contributed by atoms with Crippen LogP contribution in [0.4, 0.5) is 17.1 Å². The van der Waals surface area contributed by atoms with Gasteiger partial charge in [0.2, 0.25) is 0 Å². The van der Waals surface area contributed by atoms with Crippen molar-refractivity contribution in [2.45, 2.75) is 6.42 Å². The van der Waals surface area contributed by atoms with E-state index in [2.05, 4.69) is 26.3 Å². The van der Waals surface area contributed by atoms with Crippen molar-refractivity contribution < 1.29 is 20.5 Å². The van der Waals surface area contributed by atoms with Crippen molar-refractivity contribution in [1.29, 1.82) is 5.40 Å². The molecule has 5 rings (SSSR count). The van der Waals surface area contributed by atoms with Gasteiger partial charge in [-0.05, 0) is 48.0 Å². The molecule has 250 valence electrons. The fraction of sp³-hybridized carbons (Fsp3) is 0.286. The van der Waals surface area contributed by atoms with Crippen LogP contribution in [0.3, 0.4) is 0 Å². The van der Waals surface area contributed by atoms with E-state index in [-0.39, 0.29) is 11.8 Å². The Bertz CT molecular complexity index is 1840. The smallest absolute Gasteiger partial charge is 0.272 e. The number of hydrogen-bond donors (Lipinski definition) is 4. The van der Waals surface area contributed by atoms with Gasteiger partial charge < -0.3 is 39.6 Å². The van der Waals surface area contributed by atoms with Crippen molar-refractivity contribution in [3.63, 3.8) is 0 Å². The minimum atomic E-state index is -0.406. The quantitative estimate of drug-likeness (QED) is 0.142. The van der Waals surface area contributed by atoms with Crippen LogP contribution >= 0.6 is 0 Å². The van der Waals surface area contributed by atoms with Gasteiger partial charge in [0.05, 0.1) is 41.7 Å². The largest absolute Gasteiger partial charge is 0.378 e. The molecule has 4 heterocycles. The second-order valence-corrected chi connectivity index (χ2v) is 11.7. The molecule has 0 aliphatic carbocycles. The Morgan fingerprint density at radius 3 is 2.17 bits per heavy atom. The molecule has 0 atom stereocenters. The van der Waals surface area contributed by atoms with E-state index < -0.39 is 5.91 Å². The first-order valence-electron chi connectivity index (χ1n) is 16.0. The van der Waals surface area contributed by atoms with E-state index >= 15 is 0 Å². The molecule has 0 unspecified atom stereocenters. The highest BCUT2D eigenvalue weighted by Crippen LogP contribution is 2.19. The molecular weight excluding hydrogens is 610 g/mol. The Morgan fingerprint density at radius 2 is 1.56 bits per heavy atom. The van der Waals surface area contributed by atoms with Crippen LogP contribution in [0, 0.1) is 5.40 Å². The Hall–Kier alpha value is -5.69. The summed E-state index contributed by atoms with van der Waals surface area (Å²) in [7, 11) is 7.41. The third kappa shape index (κ3) is 8.56. The number of ether oxygens (including phenoxy) is 1. The summed E-state index contributed by atoms with van der Waals surface area (Å²) < 4.78 is 16.1. The van der Waals surface area contributed by atoms with Crippen molar-refractivity contribution in [3.8, 4) is 0 Å². The van der Waals surface area contributed by atoms with Crippen molar-refractivity contribution in [2.75, 3.05) is 62.5 Å². The molecule has 13 nitrogen and oxygen atoms in total. The Kier molecular flexibility index (Phi) is 10.3. The normalized spacial score (nSPS) is 13.7. The van der Waals surface area contributed by atoms with Gasteiger partial charge in [0.25, 0.3) is 17.7 Å². The summed E-state index contributed by atoms with van der Waals surface area (Å²) in [6.07, 6.45) is 9.07. The number of morpholine rings is 1. The van der Waals surface area contributed by atoms with Crippen LogP contribution in [-0.2, 0) is 18.8 Å². The number of anilines is 3. The molecule has 1 aliphatic heterocycles. The molecule has 1 saturated heterocycles. The number of carbonyl (C=O) groups excluding carboxylic acids is 3. The van der Waals surface area contributed by atoms with Crippen LogP contribution in [0.5, 0.6) is 0 Å². The molecule has 1 aliphatic rings. The second-order valence-electron chi connectivity index (χ2n) is 11.7. The number of aromatic nitrogens is 3. The molecular formula is C35H41N9O4. The first kappa shape index (κ1) is 32.3. The van der Waals surface area contributed by atoms with Crippen molar-refractivity contribution in [1.82, 2.24) is 24.3 Å². The highest BCUT2D eigenvalue weighted by atomic mass is 16.5. The minimum absolute atomic E-state index is 0.308. The van der Waals surface area contributed by atoms with Crippen molar-refractivity contribution >= 4 is 52.8 Å². The van der Waals surface area contributed by atoms with Crippen molar-refractivity contribution in [2.24, 2.45) is 14.1 Å². The third-order valence-electron chi connectivity index (χ3n) is 7.91. The fourth-order valence-electron chi connectivity index (χ4n) is 5.18. The Labute approximate surface area is 281 Å². The number of pyridine rings is 1. The van der Waals surface area contributed by atoms with E-state index in [1.54, 1.807) is 59.9 Å². The number of nitrogens with one attached hydrogen (secondary N) is 4. The summed E-state index contributed by atoms with van der Waals surface area (Å²) in [5.74, 6) is -0.477. The first-order chi connectivity index (χ1) is 23.6. The van der Waals surface area contributed by atoms with Gasteiger partial charge in [-0.2, -0.15) is 0 Å². The molecule has 3 amide bonds. The first-order valence-corrected chi connectivity index (χ1v) is 15.6. The summed E-state index contributed by atoms with van der Waals surface area (Å²) in [6, 6.07) is 14.8. The lowest BCUT2D eigenvalue weighted by atomic mass is 10.1. The molecule has 1 fully saturated rings. The summed E-state index contributed by atoms with van der Waals surface area (Å²) in [6.45, 7) is 2.81. The number of benzene rings is 1. The molecule has 3 aromatic heterocycles. The van der Waals surface area contributed by atoms with Crippen LogP contribution in [0.1, 0.15) is 49.0 Å². The van der Waals surface area contributed by atoms with Crippen LogP contribution in [0.15, 0.2) is 67.1 Å². The average molecular weight is 652 g/mol. The molecule has 13 heteroatoms. The average Bonchev–Trinajstić information content (AvgIpc) is 3.66. The molecule has 4 N–H and O–H groups in total. The van der Waals surface area contributed by atoms with Gasteiger partial charge in [-0.1, -0.05) is 18.2 Å². The standard InChI is InChI=1S/C35H41N9O4/c1-41(2)29-11-6-24(7-12-29)5-9-26-10-8-25(21-38-26)33(45)39-27-20-31(43(4)22-27)35(47)40-28-19-30(42(3)23-28)34(46)37-14-13-32(36)44-15-17-48-18-16-44/h5-12,19-23,36H,13-18H2,1-4H3,(H,37,46)(H,39,45)(H,40,47)/b9-5?,36-32+. The summed E-state index contributed by atoms with van der Waals surface area (Å²) >= 11 is 0. The van der Waals surface area contributed by atoms with Gasteiger partial charge in [-0.15, -0.1) is 0 Å². The topological polar surface area (TPSA) is 150 Å². The lowest BCUT2D eigenvalue weighted by molar-refractivity contribution is 0.0668. The van der Waals surface area contributed by atoms with E-state index in [0.717, 1.165) is 11.3 Å². The van der Waals surface area contributed by atoms with Crippen LogP contribution in [0.2, 0.25) is 1.41 Å². The van der Waals surface area contributed by atoms with Crippen LogP contribution in [0.25, 0.3) is 12.2 Å². The van der Waals surface area contributed by atoms with Gasteiger partial charge in [0.15, 0.2) is 1.41 Å². The van der Waals surface area contributed by atoms with Crippen LogP contribution < -0.4 is 20.9 Å². The minimum Gasteiger partial charge on any atom is -0.378 e. The lowest BCUT2D eigenvalue weighted by Gasteiger charge is -2.29. The van der Waals surface area contributed by atoms with E-state index in [4.69, 9.17) is 6.15 Å². The fourth-order valence-corrected chi connectivity index (χ4v) is 5.18. The molecule has 48 heavy (non-hydrogen) atoms. The number of nitrogens with zero attached hydrogens (tertiary/aromatic N) is 5. The van der Waals surface area contributed by atoms with E-state index in [1.165, 1.54) is 6.20 Å². The van der Waals surface area contributed by atoms with E-state index in [0.29, 0.717) is 79.1 Å². The Morgan fingerprint density at radius 1 is 0.917 bits per heavy atom.